The molecule has 1 saturated heterocycles. The monoisotopic (exact) mass is 342 g/mol. The Labute approximate surface area is 148 Å². The van der Waals surface area contributed by atoms with E-state index in [-0.39, 0.29) is 5.56 Å². The molecule has 2 heterocycles. The third-order valence-corrected chi connectivity index (χ3v) is 5.14. The van der Waals surface area contributed by atoms with Crippen LogP contribution in [-0.4, -0.2) is 42.9 Å². The Bertz CT molecular complexity index is 836. The zero-order chi connectivity index (χ0) is 18.1. The van der Waals surface area contributed by atoms with Crippen LogP contribution in [0, 0.1) is 13.8 Å². The molecule has 0 amide bonds. The van der Waals surface area contributed by atoms with Crippen LogP contribution in [0.15, 0.2) is 29.1 Å². The second kappa shape index (κ2) is 7.02. The lowest BCUT2D eigenvalue weighted by atomic mass is 9.99. The molecule has 1 aromatic carbocycles. The summed E-state index contributed by atoms with van der Waals surface area (Å²) in [5.74, 6) is 0.879. The summed E-state index contributed by atoms with van der Waals surface area (Å²) in [4.78, 5) is 14.4. The van der Waals surface area contributed by atoms with E-state index in [0.717, 1.165) is 47.8 Å². The van der Waals surface area contributed by atoms with E-state index >= 15 is 0 Å². The van der Waals surface area contributed by atoms with Crippen molar-refractivity contribution in [1.82, 2.24) is 9.47 Å². The van der Waals surface area contributed by atoms with Crippen molar-refractivity contribution < 1.29 is 9.47 Å². The van der Waals surface area contributed by atoms with Gasteiger partial charge in [0.15, 0.2) is 0 Å². The highest BCUT2D eigenvalue weighted by Crippen LogP contribution is 2.30. The fraction of sp³-hybridized carbons (Fsp3) is 0.450. The first-order valence-electron chi connectivity index (χ1n) is 8.54. The molecule has 5 nitrogen and oxygen atoms in total. The summed E-state index contributed by atoms with van der Waals surface area (Å²) < 4.78 is 12.7. The van der Waals surface area contributed by atoms with Gasteiger partial charge in [0.2, 0.25) is 0 Å². The van der Waals surface area contributed by atoms with Crippen LogP contribution in [0.4, 0.5) is 0 Å². The largest absolute Gasteiger partial charge is 0.496 e. The summed E-state index contributed by atoms with van der Waals surface area (Å²) in [6.07, 6.45) is 0.349. The van der Waals surface area contributed by atoms with Crippen molar-refractivity contribution >= 4 is 0 Å². The fourth-order valence-electron chi connectivity index (χ4n) is 3.36. The molecule has 25 heavy (non-hydrogen) atoms. The number of nitrogens with zero attached hydrogens (tertiary/aromatic N) is 2. The average molecular weight is 342 g/mol. The third-order valence-electron chi connectivity index (χ3n) is 5.14. The minimum Gasteiger partial charge on any atom is -0.496 e. The van der Waals surface area contributed by atoms with E-state index in [2.05, 4.69) is 23.1 Å². The number of hydrogen-bond acceptors (Lipinski definition) is 4. The molecule has 0 bridgehead atoms. The summed E-state index contributed by atoms with van der Waals surface area (Å²) in [6, 6.07) is 8.26. The van der Waals surface area contributed by atoms with Crippen LogP contribution in [0.1, 0.15) is 16.8 Å². The SMILES string of the molecule is COc1cc(-c2cc(C)c(=O)n(C)c2C)ccc1CN1CC(OC)C1. The maximum absolute atomic E-state index is 12.1. The molecule has 0 unspecified atom stereocenters. The van der Waals surface area contributed by atoms with Gasteiger partial charge in [-0.1, -0.05) is 12.1 Å². The van der Waals surface area contributed by atoms with Crippen LogP contribution in [0.2, 0.25) is 0 Å². The quantitative estimate of drug-likeness (QED) is 0.837. The zero-order valence-corrected chi connectivity index (χ0v) is 15.6. The molecule has 2 aromatic rings. The predicted molar refractivity (Wildman–Crippen MR) is 99.2 cm³/mol. The molecule has 3 rings (SSSR count). The van der Waals surface area contributed by atoms with E-state index in [1.807, 2.05) is 27.0 Å². The number of pyridine rings is 1. The number of aryl methyl sites for hydroxylation is 1. The standard InChI is InChI=1S/C20H26N2O3/c1-13-8-18(14(2)21(3)20(13)23)15-6-7-16(19(9-15)25-5)10-22-11-17(12-22)24-4/h6-9,17H,10-12H2,1-5H3. The van der Waals surface area contributed by atoms with E-state index in [9.17, 15) is 4.79 Å². The smallest absolute Gasteiger partial charge is 0.253 e. The van der Waals surface area contributed by atoms with Gasteiger partial charge in [0.05, 0.1) is 13.2 Å². The Morgan fingerprint density at radius 1 is 1.16 bits per heavy atom. The maximum atomic E-state index is 12.1. The first-order valence-corrected chi connectivity index (χ1v) is 8.54. The van der Waals surface area contributed by atoms with Gasteiger partial charge in [-0.3, -0.25) is 9.69 Å². The Morgan fingerprint density at radius 2 is 1.88 bits per heavy atom. The van der Waals surface area contributed by atoms with Gasteiger partial charge >= 0.3 is 0 Å². The molecule has 0 radical (unpaired) electrons. The van der Waals surface area contributed by atoms with Gasteiger partial charge in [-0.2, -0.15) is 0 Å². The Balaban J connectivity index is 1.91. The Kier molecular flexibility index (Phi) is 4.97. The summed E-state index contributed by atoms with van der Waals surface area (Å²) in [5, 5.41) is 0. The molecule has 1 aliphatic heterocycles. The summed E-state index contributed by atoms with van der Waals surface area (Å²) in [7, 11) is 5.28. The van der Waals surface area contributed by atoms with Gasteiger partial charge in [-0.15, -0.1) is 0 Å². The molecule has 0 aliphatic carbocycles. The van der Waals surface area contributed by atoms with Crippen molar-refractivity contribution in [2.75, 3.05) is 27.3 Å². The van der Waals surface area contributed by atoms with Crippen molar-refractivity contribution in [3.8, 4) is 16.9 Å². The molecule has 0 N–H and O–H groups in total. The van der Waals surface area contributed by atoms with E-state index in [1.165, 1.54) is 5.56 Å². The molecule has 0 atom stereocenters. The van der Waals surface area contributed by atoms with Gasteiger partial charge in [0.1, 0.15) is 5.75 Å². The van der Waals surface area contributed by atoms with Crippen molar-refractivity contribution in [3.05, 3.63) is 51.4 Å². The number of likely N-dealkylation sites (tertiary alicyclic amines) is 1. The fourth-order valence-corrected chi connectivity index (χ4v) is 3.36. The minimum absolute atomic E-state index is 0.0512. The lowest BCUT2D eigenvalue weighted by molar-refractivity contribution is -0.0336. The highest BCUT2D eigenvalue weighted by molar-refractivity contribution is 5.69. The van der Waals surface area contributed by atoms with Crippen LogP contribution >= 0.6 is 0 Å². The average Bonchev–Trinajstić information content (AvgIpc) is 2.59. The summed E-state index contributed by atoms with van der Waals surface area (Å²) >= 11 is 0. The van der Waals surface area contributed by atoms with E-state index in [1.54, 1.807) is 18.8 Å². The lowest BCUT2D eigenvalue weighted by Gasteiger charge is -2.38. The number of rotatable bonds is 5. The van der Waals surface area contributed by atoms with Crippen LogP contribution in [0.3, 0.4) is 0 Å². The second-order valence-corrected chi connectivity index (χ2v) is 6.77. The first kappa shape index (κ1) is 17.7. The van der Waals surface area contributed by atoms with Gasteiger partial charge in [-0.25, -0.2) is 0 Å². The molecular formula is C20H26N2O3. The molecule has 1 aromatic heterocycles. The molecular weight excluding hydrogens is 316 g/mol. The molecule has 5 heteroatoms. The van der Waals surface area contributed by atoms with Crippen molar-refractivity contribution in [1.29, 1.82) is 0 Å². The molecule has 0 spiro atoms. The van der Waals surface area contributed by atoms with Crippen LogP contribution in [-0.2, 0) is 18.3 Å². The number of benzene rings is 1. The Hall–Kier alpha value is -2.11. The van der Waals surface area contributed by atoms with Gasteiger partial charge in [-0.05, 0) is 31.5 Å². The number of aromatic nitrogens is 1. The zero-order valence-electron chi connectivity index (χ0n) is 15.6. The van der Waals surface area contributed by atoms with Crippen LogP contribution < -0.4 is 10.3 Å². The highest BCUT2D eigenvalue weighted by Gasteiger charge is 2.26. The van der Waals surface area contributed by atoms with Gasteiger partial charge < -0.3 is 14.0 Å². The maximum Gasteiger partial charge on any atom is 0.253 e. The van der Waals surface area contributed by atoms with Gasteiger partial charge in [0, 0.05) is 56.2 Å². The van der Waals surface area contributed by atoms with Crippen LogP contribution in [0.5, 0.6) is 5.75 Å². The number of hydrogen-bond donors (Lipinski definition) is 0. The number of ether oxygens (including phenoxy) is 2. The van der Waals surface area contributed by atoms with Crippen molar-refractivity contribution in [3.63, 3.8) is 0 Å². The van der Waals surface area contributed by atoms with Gasteiger partial charge in [0.25, 0.3) is 5.56 Å². The van der Waals surface area contributed by atoms with E-state index < -0.39 is 0 Å². The molecule has 134 valence electrons. The normalized spacial score (nSPS) is 15.2. The van der Waals surface area contributed by atoms with Crippen LogP contribution in [0.25, 0.3) is 11.1 Å². The highest BCUT2D eigenvalue weighted by atomic mass is 16.5. The predicted octanol–water partition coefficient (Wildman–Crippen LogP) is 2.51. The van der Waals surface area contributed by atoms with E-state index in [0.29, 0.717) is 6.10 Å². The number of methoxy groups -OCH3 is 2. The Morgan fingerprint density at radius 3 is 2.52 bits per heavy atom. The topological polar surface area (TPSA) is 43.7 Å². The second-order valence-electron chi connectivity index (χ2n) is 6.77. The summed E-state index contributed by atoms with van der Waals surface area (Å²) in [5.41, 5.74) is 5.05. The minimum atomic E-state index is 0.0512. The molecule has 0 saturated carbocycles. The molecule has 1 fully saturated rings. The summed E-state index contributed by atoms with van der Waals surface area (Å²) in [6.45, 7) is 6.60. The van der Waals surface area contributed by atoms with E-state index in [4.69, 9.17) is 9.47 Å². The third kappa shape index (κ3) is 3.34. The lowest BCUT2D eigenvalue weighted by Crippen LogP contribution is -2.50. The van der Waals surface area contributed by atoms with Crippen molar-refractivity contribution in [2.24, 2.45) is 7.05 Å². The van der Waals surface area contributed by atoms with Crippen molar-refractivity contribution in [2.45, 2.75) is 26.5 Å². The molecule has 1 aliphatic rings. The first-order chi connectivity index (χ1) is 11.9.